The van der Waals surface area contributed by atoms with Crippen LogP contribution in [-0.2, 0) is 14.9 Å². The summed E-state index contributed by atoms with van der Waals surface area (Å²) in [6.07, 6.45) is 0. The number of nitrogens with two attached hydrogens (primary N) is 1. The van der Waals surface area contributed by atoms with Gasteiger partial charge in [0.25, 0.3) is 5.91 Å². The Morgan fingerprint density at radius 1 is 1.17 bits per heavy atom. The maximum absolute atomic E-state index is 13.3. The number of ether oxygens (including phenoxy) is 2. The summed E-state index contributed by atoms with van der Waals surface area (Å²) in [7, 11) is 0. The molecule has 1 saturated carbocycles. The SMILES string of the molecule is C[C@@]1(c2ccc(F)cc2)[C@]2(C#N)C(N)=NC3(OCCO3)[C@@]21C#N. The van der Waals surface area contributed by atoms with Gasteiger partial charge in [0.1, 0.15) is 11.7 Å². The van der Waals surface area contributed by atoms with Gasteiger partial charge in [0, 0.05) is 5.41 Å². The molecule has 2 heterocycles. The third kappa shape index (κ3) is 1.11. The number of benzene rings is 1. The summed E-state index contributed by atoms with van der Waals surface area (Å²) in [5.74, 6) is -1.95. The van der Waals surface area contributed by atoms with E-state index in [1.54, 1.807) is 19.1 Å². The third-order valence-corrected chi connectivity index (χ3v) is 5.56. The zero-order valence-electron chi connectivity index (χ0n) is 12.3. The molecule has 0 amide bonds. The number of hydrogen-bond donors (Lipinski definition) is 1. The van der Waals surface area contributed by atoms with Crippen LogP contribution in [0.4, 0.5) is 4.39 Å². The van der Waals surface area contributed by atoms with E-state index in [9.17, 15) is 14.9 Å². The minimum absolute atomic E-state index is 0.0234. The molecule has 0 unspecified atom stereocenters. The number of aliphatic imine (C=N–C) groups is 1. The van der Waals surface area contributed by atoms with Crippen molar-refractivity contribution in [3.63, 3.8) is 0 Å². The summed E-state index contributed by atoms with van der Waals surface area (Å²) in [6.45, 7) is 2.28. The molecule has 0 aromatic heterocycles. The Morgan fingerprint density at radius 3 is 2.30 bits per heavy atom. The largest absolute Gasteiger partial charge is 0.386 e. The summed E-state index contributed by atoms with van der Waals surface area (Å²) in [6, 6.07) is 10.1. The molecule has 0 bridgehead atoms. The highest BCUT2D eigenvalue weighted by Gasteiger charge is 3.00. The first-order valence-electron chi connectivity index (χ1n) is 7.18. The molecule has 0 radical (unpaired) electrons. The number of halogens is 1. The zero-order chi connectivity index (χ0) is 16.5. The molecule has 6 nitrogen and oxygen atoms in total. The Bertz CT molecular complexity index is 818. The topological polar surface area (TPSA) is 104 Å². The van der Waals surface area contributed by atoms with Gasteiger partial charge >= 0.3 is 0 Å². The van der Waals surface area contributed by atoms with E-state index in [1.807, 2.05) is 0 Å². The molecule has 1 saturated heterocycles. The van der Waals surface area contributed by atoms with Crippen molar-refractivity contribution >= 4 is 5.84 Å². The van der Waals surface area contributed by atoms with E-state index in [-0.39, 0.29) is 19.0 Å². The van der Waals surface area contributed by atoms with Gasteiger partial charge in [-0.3, -0.25) is 0 Å². The molecule has 2 aliphatic heterocycles. The quantitative estimate of drug-likeness (QED) is 0.838. The highest BCUT2D eigenvalue weighted by Crippen LogP contribution is 2.85. The molecule has 7 heteroatoms. The van der Waals surface area contributed by atoms with E-state index in [0.29, 0.717) is 5.56 Å². The molecule has 1 spiro atoms. The fourth-order valence-electron chi connectivity index (χ4n) is 4.46. The van der Waals surface area contributed by atoms with E-state index in [2.05, 4.69) is 17.1 Å². The van der Waals surface area contributed by atoms with Crippen LogP contribution < -0.4 is 5.73 Å². The second-order valence-corrected chi connectivity index (χ2v) is 6.13. The lowest BCUT2D eigenvalue weighted by Gasteiger charge is -2.29. The van der Waals surface area contributed by atoms with Gasteiger partial charge in [0.2, 0.25) is 0 Å². The van der Waals surface area contributed by atoms with Gasteiger partial charge in [-0.25, -0.2) is 9.38 Å². The summed E-state index contributed by atoms with van der Waals surface area (Å²) < 4.78 is 24.6. The molecule has 1 aliphatic carbocycles. The number of hydrogen-bond acceptors (Lipinski definition) is 6. The first-order valence-corrected chi connectivity index (χ1v) is 7.18. The smallest absolute Gasteiger partial charge is 0.293 e. The van der Waals surface area contributed by atoms with Gasteiger partial charge in [-0.05, 0) is 17.7 Å². The monoisotopic (exact) mass is 312 g/mol. The van der Waals surface area contributed by atoms with Gasteiger partial charge in [-0.2, -0.15) is 10.5 Å². The lowest BCUT2D eigenvalue weighted by molar-refractivity contribution is -0.187. The second kappa shape index (κ2) is 3.88. The van der Waals surface area contributed by atoms with Crippen molar-refractivity contribution in [3.8, 4) is 12.1 Å². The van der Waals surface area contributed by atoms with E-state index in [0.717, 1.165) is 0 Å². The van der Waals surface area contributed by atoms with Crippen LogP contribution in [0.2, 0.25) is 0 Å². The Balaban J connectivity index is 2.00. The van der Waals surface area contributed by atoms with Crippen molar-refractivity contribution in [2.75, 3.05) is 13.2 Å². The van der Waals surface area contributed by atoms with Crippen LogP contribution in [0.5, 0.6) is 0 Å². The molecule has 1 aromatic carbocycles. The van der Waals surface area contributed by atoms with Crippen LogP contribution in [0.1, 0.15) is 12.5 Å². The first kappa shape index (κ1) is 14.1. The standard InChI is InChI=1S/C16H13FN4O2/c1-13(10-2-4-11(17)5-3-10)14(8-18)12(20)21-16(15(13,14)9-19)22-6-7-23-16/h2-5H,6-7H2,1H3,(H2,20,21)/t13-,14+,15-/m1/s1. The van der Waals surface area contributed by atoms with Crippen LogP contribution in [-0.4, -0.2) is 25.0 Å². The minimum Gasteiger partial charge on any atom is -0.386 e. The van der Waals surface area contributed by atoms with Gasteiger partial charge < -0.3 is 15.2 Å². The van der Waals surface area contributed by atoms with Crippen LogP contribution in [0.3, 0.4) is 0 Å². The molecule has 4 rings (SSSR count). The van der Waals surface area contributed by atoms with Crippen molar-refractivity contribution in [2.45, 2.75) is 18.2 Å². The number of nitrogens with zero attached hydrogens (tertiary/aromatic N) is 3. The van der Waals surface area contributed by atoms with E-state index < -0.39 is 28.0 Å². The summed E-state index contributed by atoms with van der Waals surface area (Å²) in [4.78, 5) is 4.21. The van der Waals surface area contributed by atoms with Crippen molar-refractivity contribution in [3.05, 3.63) is 35.6 Å². The fourth-order valence-corrected chi connectivity index (χ4v) is 4.46. The van der Waals surface area contributed by atoms with Crippen molar-refractivity contribution in [2.24, 2.45) is 21.6 Å². The van der Waals surface area contributed by atoms with Crippen LogP contribution in [0.25, 0.3) is 0 Å². The normalized spacial score (nSPS) is 39.4. The van der Waals surface area contributed by atoms with Crippen molar-refractivity contribution < 1.29 is 13.9 Å². The Labute approximate surface area is 131 Å². The average Bonchev–Trinajstić information content (AvgIpc) is 2.83. The second-order valence-electron chi connectivity index (χ2n) is 6.13. The zero-order valence-corrected chi connectivity index (χ0v) is 12.3. The highest BCUT2D eigenvalue weighted by atomic mass is 19.1. The van der Waals surface area contributed by atoms with Gasteiger partial charge in [-0.1, -0.05) is 19.1 Å². The maximum Gasteiger partial charge on any atom is 0.293 e. The summed E-state index contributed by atoms with van der Waals surface area (Å²) >= 11 is 0. The third-order valence-electron chi connectivity index (χ3n) is 5.56. The van der Waals surface area contributed by atoms with Gasteiger partial charge in [0.15, 0.2) is 10.8 Å². The van der Waals surface area contributed by atoms with Crippen molar-refractivity contribution in [1.82, 2.24) is 0 Å². The molecule has 3 aliphatic rings. The molecular formula is C16H13FN4O2. The molecule has 23 heavy (non-hydrogen) atoms. The molecule has 2 N–H and O–H groups in total. The fraction of sp³-hybridized carbons (Fsp3) is 0.438. The van der Waals surface area contributed by atoms with Crippen LogP contribution in [0.15, 0.2) is 29.3 Å². The Hall–Kier alpha value is -2.48. The minimum atomic E-state index is -1.58. The van der Waals surface area contributed by atoms with Gasteiger partial charge in [-0.15, -0.1) is 0 Å². The van der Waals surface area contributed by atoms with Crippen LogP contribution >= 0.6 is 0 Å². The Morgan fingerprint density at radius 2 is 1.78 bits per heavy atom. The first-order chi connectivity index (χ1) is 11.0. The number of fused-ring (bicyclic) bond motifs is 2. The van der Waals surface area contributed by atoms with Crippen molar-refractivity contribution in [1.29, 1.82) is 10.5 Å². The number of nitriles is 2. The molecule has 116 valence electrons. The Kier molecular flexibility index (Phi) is 2.39. The summed E-state index contributed by atoms with van der Waals surface area (Å²) in [5, 5.41) is 19.9. The van der Waals surface area contributed by atoms with Crippen LogP contribution in [0, 0.1) is 39.3 Å². The molecule has 3 atom stereocenters. The molecule has 2 fully saturated rings. The summed E-state index contributed by atoms with van der Waals surface area (Å²) in [5.41, 5.74) is 2.92. The highest BCUT2D eigenvalue weighted by molar-refractivity contribution is 6.02. The number of rotatable bonds is 1. The molecule has 1 aromatic rings. The number of amidine groups is 1. The average molecular weight is 312 g/mol. The molecular weight excluding hydrogens is 299 g/mol. The van der Waals surface area contributed by atoms with E-state index >= 15 is 0 Å². The van der Waals surface area contributed by atoms with E-state index in [4.69, 9.17) is 15.2 Å². The predicted octanol–water partition coefficient (Wildman–Crippen LogP) is 1.19. The lowest BCUT2D eigenvalue weighted by Crippen LogP contribution is -2.42. The lowest BCUT2D eigenvalue weighted by atomic mass is 9.84. The maximum atomic E-state index is 13.3. The van der Waals surface area contributed by atoms with Gasteiger partial charge in [0.05, 0.1) is 25.4 Å². The predicted molar refractivity (Wildman–Crippen MR) is 76.1 cm³/mol. The van der Waals surface area contributed by atoms with E-state index in [1.165, 1.54) is 12.1 Å².